The van der Waals surface area contributed by atoms with Gasteiger partial charge in [0.1, 0.15) is 5.54 Å². The van der Waals surface area contributed by atoms with E-state index in [1.54, 1.807) is 12.1 Å². The lowest BCUT2D eigenvalue weighted by molar-refractivity contribution is -0.151. The van der Waals surface area contributed by atoms with Crippen molar-refractivity contribution >= 4 is 17.7 Å². The second-order valence-corrected chi connectivity index (χ2v) is 7.78. The van der Waals surface area contributed by atoms with Crippen molar-refractivity contribution in [1.82, 2.24) is 10.2 Å². The van der Waals surface area contributed by atoms with Crippen LogP contribution in [0.3, 0.4) is 0 Å². The SMILES string of the molecule is C=CCN(C(=O)CNC(=O)c1ccco1)C(C(N)=O)(c1ccccc1)C1CCCCC1. The van der Waals surface area contributed by atoms with E-state index in [1.165, 1.54) is 17.2 Å². The van der Waals surface area contributed by atoms with Gasteiger partial charge in [0.05, 0.1) is 12.8 Å². The largest absolute Gasteiger partial charge is 0.459 e. The molecule has 0 spiro atoms. The fraction of sp³-hybridized carbons (Fsp3) is 0.375. The van der Waals surface area contributed by atoms with Crippen molar-refractivity contribution in [3.63, 3.8) is 0 Å². The minimum atomic E-state index is -1.32. The Bertz CT molecular complexity index is 904. The van der Waals surface area contributed by atoms with E-state index in [-0.39, 0.29) is 24.8 Å². The summed E-state index contributed by atoms with van der Waals surface area (Å²) >= 11 is 0. The smallest absolute Gasteiger partial charge is 0.287 e. The number of carbonyl (C=O) groups excluding carboxylic acids is 3. The van der Waals surface area contributed by atoms with Gasteiger partial charge in [-0.2, -0.15) is 0 Å². The van der Waals surface area contributed by atoms with Crippen molar-refractivity contribution in [2.45, 2.75) is 37.6 Å². The molecular weight excluding hydrogens is 394 g/mol. The molecular formula is C24H29N3O4. The van der Waals surface area contributed by atoms with Gasteiger partial charge in [0.15, 0.2) is 5.76 Å². The van der Waals surface area contributed by atoms with Crippen molar-refractivity contribution in [3.05, 3.63) is 72.7 Å². The molecule has 2 aromatic rings. The molecule has 1 aliphatic rings. The maximum atomic E-state index is 13.4. The summed E-state index contributed by atoms with van der Waals surface area (Å²) in [6.45, 7) is 3.62. The first-order valence-corrected chi connectivity index (χ1v) is 10.6. The third-order valence-corrected chi connectivity index (χ3v) is 5.97. The molecule has 0 aliphatic heterocycles. The maximum Gasteiger partial charge on any atom is 0.287 e. The number of rotatable bonds is 9. The molecule has 1 aromatic heterocycles. The molecule has 7 nitrogen and oxygen atoms in total. The van der Waals surface area contributed by atoms with E-state index in [0.717, 1.165) is 32.1 Å². The summed E-state index contributed by atoms with van der Waals surface area (Å²) < 4.78 is 5.08. The fourth-order valence-electron chi connectivity index (χ4n) is 4.62. The number of carbonyl (C=O) groups is 3. The molecule has 0 saturated heterocycles. The molecule has 1 aromatic carbocycles. The Labute approximate surface area is 182 Å². The molecule has 1 heterocycles. The topological polar surface area (TPSA) is 106 Å². The number of primary amides is 1. The van der Waals surface area contributed by atoms with Crippen molar-refractivity contribution in [3.8, 4) is 0 Å². The van der Waals surface area contributed by atoms with Crippen LogP contribution in [0.5, 0.6) is 0 Å². The molecule has 3 N–H and O–H groups in total. The predicted octanol–water partition coefficient (Wildman–Crippen LogP) is 2.99. The number of nitrogens with zero attached hydrogens (tertiary/aromatic N) is 1. The first kappa shape index (κ1) is 22.3. The minimum Gasteiger partial charge on any atom is -0.459 e. The Morgan fingerprint density at radius 2 is 1.84 bits per heavy atom. The third kappa shape index (κ3) is 4.55. The van der Waals surface area contributed by atoms with E-state index in [0.29, 0.717) is 5.56 Å². The summed E-state index contributed by atoms with van der Waals surface area (Å²) in [7, 11) is 0. The van der Waals surface area contributed by atoms with Crippen LogP contribution in [0.25, 0.3) is 0 Å². The van der Waals surface area contributed by atoms with Crippen LogP contribution in [0.1, 0.15) is 48.2 Å². The van der Waals surface area contributed by atoms with Gasteiger partial charge in [-0.3, -0.25) is 14.4 Å². The highest BCUT2D eigenvalue weighted by molar-refractivity contribution is 5.96. The Balaban J connectivity index is 1.98. The molecule has 1 atom stereocenters. The summed E-state index contributed by atoms with van der Waals surface area (Å²) in [6, 6.07) is 12.3. The molecule has 3 rings (SSSR count). The lowest BCUT2D eigenvalue weighted by atomic mass is 9.69. The van der Waals surface area contributed by atoms with Crippen LogP contribution < -0.4 is 11.1 Å². The monoisotopic (exact) mass is 423 g/mol. The van der Waals surface area contributed by atoms with Crippen molar-refractivity contribution < 1.29 is 18.8 Å². The van der Waals surface area contributed by atoms with E-state index in [4.69, 9.17) is 10.2 Å². The normalized spacial score (nSPS) is 16.1. The van der Waals surface area contributed by atoms with Gasteiger partial charge in [0, 0.05) is 6.54 Å². The second kappa shape index (κ2) is 10.1. The van der Waals surface area contributed by atoms with Crippen LogP contribution in [0.2, 0.25) is 0 Å². The van der Waals surface area contributed by atoms with E-state index in [1.807, 2.05) is 30.3 Å². The van der Waals surface area contributed by atoms with Crippen LogP contribution in [0, 0.1) is 5.92 Å². The minimum absolute atomic E-state index is 0.111. The Kier molecular flexibility index (Phi) is 7.28. The lowest BCUT2D eigenvalue weighted by Gasteiger charge is -2.48. The summed E-state index contributed by atoms with van der Waals surface area (Å²) in [5, 5.41) is 2.58. The molecule has 0 bridgehead atoms. The second-order valence-electron chi connectivity index (χ2n) is 7.78. The third-order valence-electron chi connectivity index (χ3n) is 5.97. The fourth-order valence-corrected chi connectivity index (χ4v) is 4.62. The quantitative estimate of drug-likeness (QED) is 0.605. The number of hydrogen-bond acceptors (Lipinski definition) is 4. The number of amides is 3. The van der Waals surface area contributed by atoms with Gasteiger partial charge < -0.3 is 20.4 Å². The summed E-state index contributed by atoms with van der Waals surface area (Å²) in [5.41, 5.74) is 5.43. The Hall–Kier alpha value is -3.35. The standard InChI is InChI=1S/C24H29N3O4/c1-2-15-27(21(28)17-26-22(29)20-14-9-16-31-20)24(23(25)30,18-10-5-3-6-11-18)19-12-7-4-8-13-19/h2-3,5-6,9-11,14,16,19H,1,4,7-8,12-13,15,17H2,(H2,25,30)(H,26,29). The highest BCUT2D eigenvalue weighted by Crippen LogP contribution is 2.44. The van der Waals surface area contributed by atoms with Gasteiger partial charge >= 0.3 is 0 Å². The zero-order valence-electron chi connectivity index (χ0n) is 17.6. The summed E-state index contributed by atoms with van der Waals surface area (Å²) in [4.78, 5) is 40.3. The van der Waals surface area contributed by atoms with Crippen molar-refractivity contribution in [2.75, 3.05) is 13.1 Å². The summed E-state index contributed by atoms with van der Waals surface area (Å²) in [6.07, 6.45) is 7.58. The number of nitrogens with one attached hydrogen (secondary N) is 1. The highest BCUT2D eigenvalue weighted by Gasteiger charge is 2.52. The van der Waals surface area contributed by atoms with Crippen molar-refractivity contribution in [1.29, 1.82) is 0 Å². The average Bonchev–Trinajstić information content (AvgIpc) is 3.33. The molecule has 164 valence electrons. The maximum absolute atomic E-state index is 13.4. The predicted molar refractivity (Wildman–Crippen MR) is 117 cm³/mol. The number of furan rings is 1. The molecule has 31 heavy (non-hydrogen) atoms. The number of benzene rings is 1. The molecule has 1 unspecified atom stereocenters. The molecule has 1 aliphatic carbocycles. The highest BCUT2D eigenvalue weighted by atomic mass is 16.3. The zero-order chi connectivity index (χ0) is 22.3. The van der Waals surface area contributed by atoms with Gasteiger partial charge in [-0.15, -0.1) is 6.58 Å². The number of nitrogens with two attached hydrogens (primary N) is 1. The van der Waals surface area contributed by atoms with Gasteiger partial charge in [0.2, 0.25) is 11.8 Å². The number of hydrogen-bond donors (Lipinski definition) is 2. The van der Waals surface area contributed by atoms with Gasteiger partial charge in [-0.1, -0.05) is 55.7 Å². The Morgan fingerprint density at radius 1 is 1.13 bits per heavy atom. The van der Waals surface area contributed by atoms with Crippen LogP contribution >= 0.6 is 0 Å². The van der Waals surface area contributed by atoms with Crippen LogP contribution in [-0.4, -0.2) is 35.7 Å². The van der Waals surface area contributed by atoms with E-state index >= 15 is 0 Å². The van der Waals surface area contributed by atoms with Crippen LogP contribution in [0.4, 0.5) is 0 Å². The van der Waals surface area contributed by atoms with Crippen LogP contribution in [-0.2, 0) is 15.1 Å². The van der Waals surface area contributed by atoms with Crippen LogP contribution in [0.15, 0.2) is 65.8 Å². The van der Waals surface area contributed by atoms with Crippen molar-refractivity contribution in [2.24, 2.45) is 11.7 Å². The average molecular weight is 424 g/mol. The van der Waals surface area contributed by atoms with Gasteiger partial charge in [-0.25, -0.2) is 0 Å². The first-order valence-electron chi connectivity index (χ1n) is 10.6. The van der Waals surface area contributed by atoms with E-state index < -0.39 is 23.3 Å². The van der Waals surface area contributed by atoms with Gasteiger partial charge in [-0.05, 0) is 36.5 Å². The lowest BCUT2D eigenvalue weighted by Crippen LogP contribution is -2.63. The molecule has 7 heteroatoms. The first-order chi connectivity index (χ1) is 15.0. The molecule has 1 fully saturated rings. The zero-order valence-corrected chi connectivity index (χ0v) is 17.6. The molecule has 0 radical (unpaired) electrons. The van der Waals surface area contributed by atoms with E-state index in [2.05, 4.69) is 11.9 Å². The Morgan fingerprint density at radius 3 is 2.42 bits per heavy atom. The van der Waals surface area contributed by atoms with Gasteiger partial charge in [0.25, 0.3) is 5.91 Å². The molecule has 3 amide bonds. The molecule has 1 saturated carbocycles. The summed E-state index contributed by atoms with van der Waals surface area (Å²) in [5.74, 6) is -1.49. The van der Waals surface area contributed by atoms with E-state index in [9.17, 15) is 14.4 Å².